The Labute approximate surface area is 123 Å². The fourth-order valence-corrected chi connectivity index (χ4v) is 2.22. The molecule has 0 aliphatic heterocycles. The van der Waals surface area contributed by atoms with Crippen LogP contribution in [0.2, 0.25) is 0 Å². The molecule has 0 spiro atoms. The van der Waals surface area contributed by atoms with Gasteiger partial charge < -0.3 is 15.4 Å². The van der Waals surface area contributed by atoms with E-state index in [0.29, 0.717) is 0 Å². The second kappa shape index (κ2) is 5.60. The lowest BCUT2D eigenvalue weighted by atomic mass is 9.94. The van der Waals surface area contributed by atoms with Gasteiger partial charge in [0.2, 0.25) is 5.91 Å². The van der Waals surface area contributed by atoms with Crippen molar-refractivity contribution in [3.05, 3.63) is 35.5 Å². The van der Waals surface area contributed by atoms with E-state index in [9.17, 15) is 9.59 Å². The zero-order valence-corrected chi connectivity index (χ0v) is 12.5. The predicted molar refractivity (Wildman–Crippen MR) is 81.2 cm³/mol. The number of nitrogens with one attached hydrogen (secondary N) is 2. The number of amides is 1. The maximum atomic E-state index is 12.0. The van der Waals surface area contributed by atoms with E-state index in [1.807, 2.05) is 31.3 Å². The minimum atomic E-state index is -0.966. The Kier molecular flexibility index (Phi) is 4.02. The topological polar surface area (TPSA) is 82.2 Å². The predicted octanol–water partition coefficient (Wildman–Crippen LogP) is 2.25. The number of aryl methyl sites for hydroxylation is 1. The van der Waals surface area contributed by atoms with Crippen LogP contribution in [0.3, 0.4) is 0 Å². The van der Waals surface area contributed by atoms with Gasteiger partial charge in [-0.05, 0) is 38.0 Å². The summed E-state index contributed by atoms with van der Waals surface area (Å²) in [5.74, 6) is -1.10. The third-order valence-corrected chi connectivity index (χ3v) is 3.65. The van der Waals surface area contributed by atoms with Crippen molar-refractivity contribution in [2.75, 3.05) is 6.54 Å². The second-order valence-corrected chi connectivity index (χ2v) is 5.95. The molecule has 1 aromatic carbocycles. The number of aliphatic carboxylic acids is 1. The lowest BCUT2D eigenvalue weighted by Gasteiger charge is -2.19. The number of fused-ring (bicyclic) bond motifs is 1. The summed E-state index contributed by atoms with van der Waals surface area (Å²) in [5, 5.41) is 12.8. The van der Waals surface area contributed by atoms with Crippen molar-refractivity contribution in [2.45, 2.75) is 27.2 Å². The summed E-state index contributed by atoms with van der Waals surface area (Å²) in [5.41, 5.74) is 2.08. The van der Waals surface area contributed by atoms with Crippen molar-refractivity contribution < 1.29 is 14.7 Å². The lowest BCUT2D eigenvalue weighted by molar-refractivity contribution is -0.146. The molecule has 5 nitrogen and oxygen atoms in total. The molecule has 0 saturated heterocycles. The van der Waals surface area contributed by atoms with E-state index >= 15 is 0 Å². The number of aromatic nitrogens is 1. The number of aromatic amines is 1. The third kappa shape index (κ3) is 3.24. The molecular formula is C16H20N2O3. The molecule has 5 heteroatoms. The number of carbonyl (C=O) groups excluding carboxylic acids is 1. The van der Waals surface area contributed by atoms with Crippen LogP contribution in [-0.4, -0.2) is 28.5 Å². The summed E-state index contributed by atoms with van der Waals surface area (Å²) in [6, 6.07) is 5.94. The Morgan fingerprint density at radius 1 is 1.33 bits per heavy atom. The van der Waals surface area contributed by atoms with E-state index in [-0.39, 0.29) is 18.9 Å². The number of hydrogen-bond donors (Lipinski definition) is 3. The van der Waals surface area contributed by atoms with Crippen LogP contribution in [0, 0.1) is 12.3 Å². The van der Waals surface area contributed by atoms with Crippen molar-refractivity contribution in [3.8, 4) is 0 Å². The van der Waals surface area contributed by atoms with E-state index in [2.05, 4.69) is 10.3 Å². The molecule has 2 rings (SSSR count). The Bertz CT molecular complexity index is 686. The van der Waals surface area contributed by atoms with Crippen molar-refractivity contribution in [1.82, 2.24) is 10.3 Å². The van der Waals surface area contributed by atoms with Crippen LogP contribution in [0.5, 0.6) is 0 Å². The van der Waals surface area contributed by atoms with Gasteiger partial charge in [-0.2, -0.15) is 0 Å². The fraction of sp³-hybridized carbons (Fsp3) is 0.375. The SMILES string of the molecule is Cc1cccc2[nH]cc(CC(=O)NCC(C)(C)C(=O)O)c12. The van der Waals surface area contributed by atoms with Gasteiger partial charge in [0.05, 0.1) is 11.8 Å². The highest BCUT2D eigenvalue weighted by Crippen LogP contribution is 2.22. The van der Waals surface area contributed by atoms with E-state index < -0.39 is 11.4 Å². The lowest BCUT2D eigenvalue weighted by Crippen LogP contribution is -2.39. The van der Waals surface area contributed by atoms with Gasteiger partial charge in [-0.3, -0.25) is 9.59 Å². The molecule has 0 aliphatic rings. The Morgan fingerprint density at radius 2 is 2.05 bits per heavy atom. The molecule has 0 bridgehead atoms. The molecule has 0 saturated carbocycles. The van der Waals surface area contributed by atoms with E-state index in [4.69, 9.17) is 5.11 Å². The molecule has 112 valence electrons. The van der Waals surface area contributed by atoms with Gasteiger partial charge in [-0.1, -0.05) is 12.1 Å². The Balaban J connectivity index is 2.07. The first-order valence-corrected chi connectivity index (χ1v) is 6.87. The van der Waals surface area contributed by atoms with Crippen LogP contribution in [0.25, 0.3) is 10.9 Å². The highest BCUT2D eigenvalue weighted by Gasteiger charge is 2.27. The zero-order chi connectivity index (χ0) is 15.6. The van der Waals surface area contributed by atoms with E-state index in [0.717, 1.165) is 22.0 Å². The minimum absolute atomic E-state index is 0.114. The van der Waals surface area contributed by atoms with Gasteiger partial charge in [0.1, 0.15) is 0 Å². The number of carboxylic acid groups (broad SMARTS) is 1. The molecular weight excluding hydrogens is 268 g/mol. The van der Waals surface area contributed by atoms with Crippen LogP contribution < -0.4 is 5.32 Å². The maximum absolute atomic E-state index is 12.0. The molecule has 3 N–H and O–H groups in total. The summed E-state index contributed by atoms with van der Waals surface area (Å²) >= 11 is 0. The average molecular weight is 288 g/mol. The van der Waals surface area contributed by atoms with Crippen LogP contribution in [0.15, 0.2) is 24.4 Å². The molecule has 0 fully saturated rings. The first-order chi connectivity index (χ1) is 9.81. The van der Waals surface area contributed by atoms with Crippen molar-refractivity contribution in [1.29, 1.82) is 0 Å². The smallest absolute Gasteiger partial charge is 0.310 e. The van der Waals surface area contributed by atoms with Crippen LogP contribution in [-0.2, 0) is 16.0 Å². The largest absolute Gasteiger partial charge is 0.481 e. The van der Waals surface area contributed by atoms with E-state index in [1.54, 1.807) is 13.8 Å². The quantitative estimate of drug-likeness (QED) is 0.789. The van der Waals surface area contributed by atoms with E-state index in [1.165, 1.54) is 0 Å². The maximum Gasteiger partial charge on any atom is 0.310 e. The fourth-order valence-electron chi connectivity index (χ4n) is 2.22. The Hall–Kier alpha value is -2.30. The number of H-pyrrole nitrogens is 1. The van der Waals surface area contributed by atoms with Gasteiger partial charge in [0.15, 0.2) is 0 Å². The van der Waals surface area contributed by atoms with Crippen molar-refractivity contribution in [3.63, 3.8) is 0 Å². The van der Waals surface area contributed by atoms with Crippen LogP contribution >= 0.6 is 0 Å². The van der Waals surface area contributed by atoms with Gasteiger partial charge in [-0.15, -0.1) is 0 Å². The summed E-state index contributed by atoms with van der Waals surface area (Å²) in [4.78, 5) is 26.2. The van der Waals surface area contributed by atoms with Crippen molar-refractivity contribution in [2.24, 2.45) is 5.41 Å². The third-order valence-electron chi connectivity index (χ3n) is 3.65. The monoisotopic (exact) mass is 288 g/mol. The molecule has 0 radical (unpaired) electrons. The molecule has 1 heterocycles. The van der Waals surface area contributed by atoms with Crippen LogP contribution in [0.1, 0.15) is 25.0 Å². The molecule has 0 atom stereocenters. The summed E-state index contributed by atoms with van der Waals surface area (Å²) < 4.78 is 0. The summed E-state index contributed by atoms with van der Waals surface area (Å²) in [6.07, 6.45) is 2.07. The highest BCUT2D eigenvalue weighted by molar-refractivity contribution is 5.91. The highest BCUT2D eigenvalue weighted by atomic mass is 16.4. The first-order valence-electron chi connectivity index (χ1n) is 6.87. The van der Waals surface area contributed by atoms with Gasteiger partial charge in [-0.25, -0.2) is 0 Å². The number of carboxylic acids is 1. The molecule has 0 unspecified atom stereocenters. The molecule has 0 aliphatic carbocycles. The summed E-state index contributed by atoms with van der Waals surface area (Å²) in [7, 11) is 0. The van der Waals surface area contributed by atoms with Crippen LogP contribution in [0.4, 0.5) is 0 Å². The molecule has 21 heavy (non-hydrogen) atoms. The van der Waals surface area contributed by atoms with Gasteiger partial charge in [0.25, 0.3) is 0 Å². The number of hydrogen-bond acceptors (Lipinski definition) is 2. The minimum Gasteiger partial charge on any atom is -0.481 e. The summed E-state index contributed by atoms with van der Waals surface area (Å²) in [6.45, 7) is 5.30. The number of carbonyl (C=O) groups is 2. The second-order valence-electron chi connectivity index (χ2n) is 5.95. The van der Waals surface area contributed by atoms with Crippen molar-refractivity contribution >= 4 is 22.8 Å². The molecule has 1 amide bonds. The Morgan fingerprint density at radius 3 is 2.71 bits per heavy atom. The standard InChI is InChI=1S/C16H20N2O3/c1-10-5-4-6-12-14(10)11(8-17-12)7-13(19)18-9-16(2,3)15(20)21/h4-6,8,17H,7,9H2,1-3H3,(H,18,19)(H,20,21). The number of benzene rings is 1. The number of rotatable bonds is 5. The van der Waals surface area contributed by atoms with Gasteiger partial charge >= 0.3 is 5.97 Å². The average Bonchev–Trinajstić information content (AvgIpc) is 2.81. The normalized spacial score (nSPS) is 11.6. The first kappa shape index (κ1) is 15.1. The molecule has 1 aromatic heterocycles. The van der Waals surface area contributed by atoms with Gasteiger partial charge in [0, 0.05) is 23.6 Å². The molecule has 2 aromatic rings. The zero-order valence-electron chi connectivity index (χ0n) is 12.5.